The molecule has 2 amide bonds. The maximum Gasteiger partial charge on any atom is 0.244 e. The lowest BCUT2D eigenvalue weighted by molar-refractivity contribution is -0.140. The molecule has 38 heavy (non-hydrogen) atoms. The number of unbranched alkanes of at least 4 members (excludes halogenated alkanes) is 1. The van der Waals surface area contributed by atoms with E-state index in [4.69, 9.17) is 14.2 Å². The molecule has 0 fully saturated rings. The van der Waals surface area contributed by atoms with Crippen molar-refractivity contribution in [2.45, 2.75) is 45.7 Å². The molecule has 1 N–H and O–H groups in total. The molecule has 11 heteroatoms. The molecule has 2 aromatic carbocycles. The quantitative estimate of drug-likeness (QED) is 0.339. The molecular weight excluding hydrogens is 510 g/mol. The zero-order valence-corrected chi connectivity index (χ0v) is 23.8. The Hall–Kier alpha value is -3.47. The number of carbonyl (C=O) groups is 2. The molecule has 0 aliphatic rings. The number of rotatable bonds is 15. The molecule has 0 saturated heterocycles. The molecule has 2 rings (SSSR count). The summed E-state index contributed by atoms with van der Waals surface area (Å²) in [4.78, 5) is 28.3. The highest BCUT2D eigenvalue weighted by atomic mass is 32.2. The zero-order valence-electron chi connectivity index (χ0n) is 23.0. The van der Waals surface area contributed by atoms with Crippen molar-refractivity contribution >= 4 is 27.5 Å². The highest BCUT2D eigenvalue weighted by Gasteiger charge is 2.32. The number of amides is 2. The van der Waals surface area contributed by atoms with Crippen molar-refractivity contribution in [3.63, 3.8) is 0 Å². The van der Waals surface area contributed by atoms with E-state index in [0.717, 1.165) is 29.0 Å². The second-order valence-corrected chi connectivity index (χ2v) is 10.7. The number of sulfonamides is 1. The van der Waals surface area contributed by atoms with Crippen LogP contribution in [-0.4, -0.2) is 71.8 Å². The summed E-state index contributed by atoms with van der Waals surface area (Å²) in [7, 11) is 0.608. The fourth-order valence-electron chi connectivity index (χ4n) is 3.95. The van der Waals surface area contributed by atoms with Gasteiger partial charge in [0.05, 0.1) is 33.3 Å². The number of benzene rings is 2. The predicted molar refractivity (Wildman–Crippen MR) is 147 cm³/mol. The first-order valence-electron chi connectivity index (χ1n) is 12.5. The molecule has 210 valence electrons. The van der Waals surface area contributed by atoms with Crippen molar-refractivity contribution in [1.29, 1.82) is 0 Å². The number of hydrogen-bond acceptors (Lipinski definition) is 7. The highest BCUT2D eigenvalue weighted by Crippen LogP contribution is 2.32. The van der Waals surface area contributed by atoms with Gasteiger partial charge in [0.2, 0.25) is 21.8 Å². The summed E-state index contributed by atoms with van der Waals surface area (Å²) in [6.45, 7) is 3.96. The summed E-state index contributed by atoms with van der Waals surface area (Å²) >= 11 is 0. The lowest BCUT2D eigenvalue weighted by atomic mass is 10.1. The van der Waals surface area contributed by atoms with E-state index in [0.29, 0.717) is 30.2 Å². The standard InChI is InChI=1S/C27H39N3O7S/c1-7-9-16-28-27(32)23(8-2)29(18-20-10-13-22(35-3)14-11-20)26(31)19-30(38(6,33)34)21-12-15-24(36-4)25(17-21)37-5/h10-15,17,23H,7-9,16,18-19H2,1-6H3,(H,28,32). The van der Waals surface area contributed by atoms with Gasteiger partial charge in [-0.25, -0.2) is 8.42 Å². The van der Waals surface area contributed by atoms with Crippen molar-refractivity contribution in [1.82, 2.24) is 10.2 Å². The Morgan fingerprint density at radius 1 is 0.947 bits per heavy atom. The Balaban J connectivity index is 2.45. The third-order valence-corrected chi connectivity index (χ3v) is 7.20. The summed E-state index contributed by atoms with van der Waals surface area (Å²) in [5.41, 5.74) is 1.01. The number of anilines is 1. The van der Waals surface area contributed by atoms with Crippen LogP contribution in [0.25, 0.3) is 0 Å². The van der Waals surface area contributed by atoms with Crippen molar-refractivity contribution in [2.24, 2.45) is 0 Å². The van der Waals surface area contributed by atoms with Crippen LogP contribution in [0.4, 0.5) is 5.69 Å². The summed E-state index contributed by atoms with van der Waals surface area (Å²) in [6.07, 6.45) is 3.12. The zero-order chi connectivity index (χ0) is 28.3. The largest absolute Gasteiger partial charge is 0.497 e. The predicted octanol–water partition coefficient (Wildman–Crippen LogP) is 3.20. The van der Waals surface area contributed by atoms with E-state index in [2.05, 4.69) is 5.32 Å². The molecule has 1 unspecified atom stereocenters. The minimum atomic E-state index is -3.87. The number of nitrogens with one attached hydrogen (secondary N) is 1. The molecule has 1 atom stereocenters. The third-order valence-electron chi connectivity index (χ3n) is 6.06. The van der Waals surface area contributed by atoms with Gasteiger partial charge in [0.1, 0.15) is 18.3 Å². The second-order valence-electron chi connectivity index (χ2n) is 8.75. The van der Waals surface area contributed by atoms with E-state index in [1.54, 1.807) is 25.3 Å². The minimum absolute atomic E-state index is 0.117. The first kappa shape index (κ1) is 30.8. The second kappa shape index (κ2) is 14.5. The molecule has 2 aromatic rings. The van der Waals surface area contributed by atoms with E-state index in [1.165, 1.54) is 31.3 Å². The Bertz CT molecular complexity index is 1170. The van der Waals surface area contributed by atoms with Crippen LogP contribution in [0, 0.1) is 0 Å². The Labute approximate surface area is 225 Å². The maximum atomic E-state index is 13.8. The summed E-state index contributed by atoms with van der Waals surface area (Å²) < 4.78 is 42.4. The van der Waals surface area contributed by atoms with Gasteiger partial charge in [-0.05, 0) is 42.7 Å². The number of methoxy groups -OCH3 is 3. The van der Waals surface area contributed by atoms with Gasteiger partial charge in [-0.15, -0.1) is 0 Å². The average Bonchev–Trinajstić information content (AvgIpc) is 2.90. The van der Waals surface area contributed by atoms with Crippen LogP contribution < -0.4 is 23.8 Å². The number of nitrogens with zero attached hydrogens (tertiary/aromatic N) is 2. The van der Waals surface area contributed by atoms with Crippen LogP contribution in [-0.2, 0) is 26.2 Å². The normalized spacial score (nSPS) is 11.8. The smallest absolute Gasteiger partial charge is 0.244 e. The lowest BCUT2D eigenvalue weighted by Crippen LogP contribution is -2.52. The first-order valence-corrected chi connectivity index (χ1v) is 14.3. The molecule has 0 radical (unpaired) electrons. The summed E-state index contributed by atoms with van der Waals surface area (Å²) in [5.74, 6) is 0.612. The first-order chi connectivity index (χ1) is 18.1. The fourth-order valence-corrected chi connectivity index (χ4v) is 4.79. The average molecular weight is 550 g/mol. The highest BCUT2D eigenvalue weighted by molar-refractivity contribution is 7.92. The Kier molecular flexibility index (Phi) is 11.7. The van der Waals surface area contributed by atoms with Gasteiger partial charge in [-0.2, -0.15) is 0 Å². The van der Waals surface area contributed by atoms with Gasteiger partial charge in [0, 0.05) is 19.2 Å². The monoisotopic (exact) mass is 549 g/mol. The van der Waals surface area contributed by atoms with E-state index in [1.807, 2.05) is 26.0 Å². The summed E-state index contributed by atoms with van der Waals surface area (Å²) in [5, 5.41) is 2.90. The van der Waals surface area contributed by atoms with Crippen LogP contribution >= 0.6 is 0 Å². The third kappa shape index (κ3) is 8.27. The molecule has 0 saturated carbocycles. The molecule has 10 nitrogen and oxygen atoms in total. The number of hydrogen-bond donors (Lipinski definition) is 1. The van der Waals surface area contributed by atoms with Crippen LogP contribution in [0.3, 0.4) is 0 Å². The van der Waals surface area contributed by atoms with E-state index in [-0.39, 0.29) is 18.1 Å². The van der Waals surface area contributed by atoms with Gasteiger partial charge in [-0.3, -0.25) is 13.9 Å². The van der Waals surface area contributed by atoms with E-state index in [9.17, 15) is 18.0 Å². The van der Waals surface area contributed by atoms with Crippen LogP contribution in [0.15, 0.2) is 42.5 Å². The lowest BCUT2D eigenvalue weighted by Gasteiger charge is -2.33. The van der Waals surface area contributed by atoms with Gasteiger partial charge in [-0.1, -0.05) is 32.4 Å². The van der Waals surface area contributed by atoms with E-state index < -0.39 is 28.5 Å². The molecule has 0 aliphatic heterocycles. The van der Waals surface area contributed by atoms with Crippen molar-refractivity contribution in [2.75, 3.05) is 45.0 Å². The topological polar surface area (TPSA) is 114 Å². The van der Waals surface area contributed by atoms with Crippen molar-refractivity contribution in [3.05, 3.63) is 48.0 Å². The minimum Gasteiger partial charge on any atom is -0.497 e. The van der Waals surface area contributed by atoms with Crippen LogP contribution in [0.1, 0.15) is 38.7 Å². The van der Waals surface area contributed by atoms with E-state index >= 15 is 0 Å². The molecule has 0 bridgehead atoms. The van der Waals surface area contributed by atoms with Crippen LogP contribution in [0.5, 0.6) is 17.2 Å². The molecule has 0 heterocycles. The Morgan fingerprint density at radius 2 is 1.61 bits per heavy atom. The SMILES string of the molecule is CCCCNC(=O)C(CC)N(Cc1ccc(OC)cc1)C(=O)CN(c1ccc(OC)c(OC)c1)S(C)(=O)=O. The van der Waals surface area contributed by atoms with Gasteiger partial charge < -0.3 is 24.4 Å². The maximum absolute atomic E-state index is 13.8. The molecule has 0 aliphatic carbocycles. The van der Waals surface area contributed by atoms with Crippen molar-refractivity contribution < 1.29 is 32.2 Å². The molecular formula is C27H39N3O7S. The fraction of sp³-hybridized carbons (Fsp3) is 0.481. The van der Waals surface area contributed by atoms with Crippen molar-refractivity contribution in [3.8, 4) is 17.2 Å². The van der Waals surface area contributed by atoms with Crippen LogP contribution in [0.2, 0.25) is 0 Å². The molecule has 0 spiro atoms. The number of ether oxygens (including phenoxy) is 3. The summed E-state index contributed by atoms with van der Waals surface area (Å²) in [6, 6.07) is 11.0. The van der Waals surface area contributed by atoms with Gasteiger partial charge >= 0.3 is 0 Å². The Morgan fingerprint density at radius 3 is 2.13 bits per heavy atom. The number of carbonyl (C=O) groups excluding carboxylic acids is 2. The van der Waals surface area contributed by atoms with Gasteiger partial charge in [0.15, 0.2) is 11.5 Å². The molecule has 0 aromatic heterocycles. The van der Waals surface area contributed by atoms with Gasteiger partial charge in [0.25, 0.3) is 0 Å².